The first kappa shape index (κ1) is 10.6. The summed E-state index contributed by atoms with van der Waals surface area (Å²) >= 11 is 17.8. The van der Waals surface area contributed by atoms with E-state index in [9.17, 15) is 0 Å². The zero-order valence-corrected chi connectivity index (χ0v) is 9.70. The van der Waals surface area contributed by atoms with Crippen LogP contribution >= 0.6 is 34.8 Å². The number of halogens is 3. The Bertz CT molecular complexity index is 361. The van der Waals surface area contributed by atoms with E-state index in [4.69, 9.17) is 40.5 Å². The van der Waals surface area contributed by atoms with E-state index in [1.807, 2.05) is 6.07 Å². The average molecular weight is 251 g/mol. The standard InChI is InChI=1S/C10H10Cl3N/c11-7-4-3-6(8(12)9(7)13)10(14)5-1-2-5/h3-5,10H,1-2,14H2/t10-/m1/s1. The van der Waals surface area contributed by atoms with Gasteiger partial charge in [-0.15, -0.1) is 0 Å². The number of benzene rings is 1. The molecule has 0 heterocycles. The maximum absolute atomic E-state index is 6.07. The molecule has 1 nitrogen and oxygen atoms in total. The molecular weight excluding hydrogens is 240 g/mol. The molecule has 0 aromatic heterocycles. The average Bonchev–Trinajstić information content (AvgIpc) is 2.97. The molecule has 0 spiro atoms. The molecule has 4 heteroatoms. The van der Waals surface area contributed by atoms with Crippen LogP contribution in [0.2, 0.25) is 15.1 Å². The normalized spacial score (nSPS) is 18.3. The van der Waals surface area contributed by atoms with Gasteiger partial charge in [0.15, 0.2) is 0 Å². The first-order valence-corrected chi connectivity index (χ1v) is 5.63. The third-order valence-corrected chi connectivity index (χ3v) is 3.86. The van der Waals surface area contributed by atoms with Crippen molar-refractivity contribution >= 4 is 34.8 Å². The second-order valence-corrected chi connectivity index (χ2v) is 4.79. The van der Waals surface area contributed by atoms with Crippen LogP contribution in [0.15, 0.2) is 12.1 Å². The molecule has 0 unspecified atom stereocenters. The second-order valence-electron chi connectivity index (χ2n) is 3.63. The fourth-order valence-electron chi connectivity index (χ4n) is 1.51. The molecule has 76 valence electrons. The molecule has 1 saturated carbocycles. The lowest BCUT2D eigenvalue weighted by molar-refractivity contribution is 0.634. The zero-order chi connectivity index (χ0) is 10.3. The largest absolute Gasteiger partial charge is 0.324 e. The fraction of sp³-hybridized carbons (Fsp3) is 0.400. The smallest absolute Gasteiger partial charge is 0.0781 e. The van der Waals surface area contributed by atoms with Crippen molar-refractivity contribution in [1.82, 2.24) is 0 Å². The lowest BCUT2D eigenvalue weighted by Gasteiger charge is -2.13. The Labute approximate surface area is 98.1 Å². The molecule has 14 heavy (non-hydrogen) atoms. The van der Waals surface area contributed by atoms with Gasteiger partial charge < -0.3 is 5.73 Å². The van der Waals surface area contributed by atoms with Crippen LogP contribution in [0.1, 0.15) is 24.4 Å². The van der Waals surface area contributed by atoms with Gasteiger partial charge in [0, 0.05) is 6.04 Å². The lowest BCUT2D eigenvalue weighted by atomic mass is 10.0. The van der Waals surface area contributed by atoms with Crippen LogP contribution in [0, 0.1) is 5.92 Å². The monoisotopic (exact) mass is 249 g/mol. The molecule has 2 N–H and O–H groups in total. The molecule has 0 saturated heterocycles. The summed E-state index contributed by atoms with van der Waals surface area (Å²) in [6, 6.07) is 3.60. The van der Waals surface area contributed by atoms with Crippen LogP contribution < -0.4 is 5.73 Å². The first-order chi connectivity index (χ1) is 6.61. The summed E-state index contributed by atoms with van der Waals surface area (Å²) in [5.74, 6) is 0.560. The van der Waals surface area contributed by atoms with Crippen molar-refractivity contribution in [3.63, 3.8) is 0 Å². The minimum Gasteiger partial charge on any atom is -0.324 e. The van der Waals surface area contributed by atoms with Gasteiger partial charge in [0.25, 0.3) is 0 Å². The van der Waals surface area contributed by atoms with E-state index in [2.05, 4.69) is 0 Å². The maximum Gasteiger partial charge on any atom is 0.0781 e. The topological polar surface area (TPSA) is 26.0 Å². The van der Waals surface area contributed by atoms with Crippen LogP contribution in [-0.2, 0) is 0 Å². The van der Waals surface area contributed by atoms with Gasteiger partial charge in [0.05, 0.1) is 15.1 Å². The van der Waals surface area contributed by atoms with Crippen molar-refractivity contribution in [2.24, 2.45) is 11.7 Å². The summed E-state index contributed by atoms with van der Waals surface area (Å²) in [7, 11) is 0. The van der Waals surface area contributed by atoms with E-state index in [1.54, 1.807) is 6.07 Å². The molecule has 1 fully saturated rings. The minimum atomic E-state index is -0.00253. The summed E-state index contributed by atoms with van der Waals surface area (Å²) in [5, 5.41) is 1.38. The highest BCUT2D eigenvalue weighted by molar-refractivity contribution is 6.48. The first-order valence-electron chi connectivity index (χ1n) is 4.50. The third kappa shape index (κ3) is 1.87. The Balaban J connectivity index is 2.38. The number of nitrogens with two attached hydrogens (primary N) is 1. The Hall–Kier alpha value is 0.0500. The van der Waals surface area contributed by atoms with Crippen LogP contribution in [0.5, 0.6) is 0 Å². The van der Waals surface area contributed by atoms with Crippen LogP contribution in [-0.4, -0.2) is 0 Å². The fourth-order valence-corrected chi connectivity index (χ4v) is 2.18. The highest BCUT2D eigenvalue weighted by Crippen LogP contribution is 2.43. The van der Waals surface area contributed by atoms with Crippen LogP contribution in [0.4, 0.5) is 0 Å². The molecule has 1 aliphatic rings. The molecule has 2 rings (SSSR count). The summed E-state index contributed by atoms with van der Waals surface area (Å²) in [6.07, 6.45) is 2.36. The Kier molecular flexibility index (Phi) is 2.94. The SMILES string of the molecule is N[C@@H](c1ccc(Cl)c(Cl)c1Cl)C1CC1. The summed E-state index contributed by atoms with van der Waals surface area (Å²) < 4.78 is 0. The maximum atomic E-state index is 6.07. The van der Waals surface area contributed by atoms with Gasteiger partial charge in [-0.1, -0.05) is 40.9 Å². The molecular formula is C10H10Cl3N. The number of hydrogen-bond donors (Lipinski definition) is 1. The Morgan fingerprint density at radius 3 is 2.36 bits per heavy atom. The molecule has 1 atom stereocenters. The predicted octanol–water partition coefficient (Wildman–Crippen LogP) is 4.06. The Morgan fingerprint density at radius 2 is 1.79 bits per heavy atom. The van der Waals surface area contributed by atoms with Crippen LogP contribution in [0.3, 0.4) is 0 Å². The quantitative estimate of drug-likeness (QED) is 0.787. The van der Waals surface area contributed by atoms with E-state index in [0.29, 0.717) is 21.0 Å². The van der Waals surface area contributed by atoms with Crippen molar-refractivity contribution in [1.29, 1.82) is 0 Å². The molecule has 0 amide bonds. The van der Waals surface area contributed by atoms with Gasteiger partial charge in [-0.05, 0) is 30.4 Å². The van der Waals surface area contributed by atoms with E-state index in [-0.39, 0.29) is 6.04 Å². The van der Waals surface area contributed by atoms with Gasteiger partial charge in [-0.3, -0.25) is 0 Å². The summed E-state index contributed by atoms with van der Waals surface area (Å²) in [5.41, 5.74) is 6.94. The van der Waals surface area contributed by atoms with E-state index in [0.717, 1.165) is 5.56 Å². The number of hydrogen-bond acceptors (Lipinski definition) is 1. The van der Waals surface area contributed by atoms with Gasteiger partial charge in [0.1, 0.15) is 0 Å². The van der Waals surface area contributed by atoms with Gasteiger partial charge in [-0.25, -0.2) is 0 Å². The van der Waals surface area contributed by atoms with Crippen molar-refractivity contribution in [2.75, 3.05) is 0 Å². The van der Waals surface area contributed by atoms with Crippen molar-refractivity contribution in [2.45, 2.75) is 18.9 Å². The van der Waals surface area contributed by atoms with Crippen molar-refractivity contribution < 1.29 is 0 Å². The van der Waals surface area contributed by atoms with Crippen molar-refractivity contribution in [3.05, 3.63) is 32.8 Å². The minimum absolute atomic E-state index is 0.00253. The molecule has 0 bridgehead atoms. The van der Waals surface area contributed by atoms with Crippen LogP contribution in [0.25, 0.3) is 0 Å². The second kappa shape index (κ2) is 3.90. The highest BCUT2D eigenvalue weighted by atomic mass is 35.5. The van der Waals surface area contributed by atoms with Crippen molar-refractivity contribution in [3.8, 4) is 0 Å². The highest BCUT2D eigenvalue weighted by Gasteiger charge is 2.31. The van der Waals surface area contributed by atoms with Gasteiger partial charge in [0.2, 0.25) is 0 Å². The number of rotatable bonds is 2. The Morgan fingerprint density at radius 1 is 1.14 bits per heavy atom. The molecule has 0 radical (unpaired) electrons. The third-order valence-electron chi connectivity index (χ3n) is 2.55. The zero-order valence-electron chi connectivity index (χ0n) is 7.43. The van der Waals surface area contributed by atoms with Gasteiger partial charge >= 0.3 is 0 Å². The summed E-state index contributed by atoms with van der Waals surface area (Å²) in [4.78, 5) is 0. The van der Waals surface area contributed by atoms with Gasteiger partial charge in [-0.2, -0.15) is 0 Å². The van der Waals surface area contributed by atoms with E-state index in [1.165, 1.54) is 12.8 Å². The summed E-state index contributed by atoms with van der Waals surface area (Å²) in [6.45, 7) is 0. The molecule has 0 aliphatic heterocycles. The van der Waals surface area contributed by atoms with E-state index >= 15 is 0 Å². The predicted molar refractivity (Wildman–Crippen MR) is 61.1 cm³/mol. The lowest BCUT2D eigenvalue weighted by Crippen LogP contribution is -2.12. The molecule has 1 aromatic rings. The molecule has 1 aromatic carbocycles. The van der Waals surface area contributed by atoms with E-state index < -0.39 is 0 Å². The molecule has 1 aliphatic carbocycles.